The summed E-state index contributed by atoms with van der Waals surface area (Å²) in [7, 11) is 1.58. The van der Waals surface area contributed by atoms with Gasteiger partial charge in [0.25, 0.3) is 0 Å². The van der Waals surface area contributed by atoms with Crippen molar-refractivity contribution in [3.05, 3.63) is 35.0 Å². The fourth-order valence-corrected chi connectivity index (χ4v) is 3.41. The number of alkyl halides is 3. The molecule has 9 heteroatoms. The number of ether oxygens (including phenoxy) is 1. The molecule has 0 N–H and O–H groups in total. The van der Waals surface area contributed by atoms with E-state index in [1.54, 1.807) is 13.2 Å². The number of hydrogen-bond acceptors (Lipinski definition) is 6. The summed E-state index contributed by atoms with van der Waals surface area (Å²) in [4.78, 5) is 12.2. The quantitative estimate of drug-likeness (QED) is 0.841. The average Bonchev–Trinajstić information content (AvgIpc) is 3.06. The maximum atomic E-state index is 12.6. The lowest BCUT2D eigenvalue weighted by Crippen LogP contribution is -2.46. The average molecular weight is 358 g/mol. The molecule has 3 rings (SSSR count). The maximum Gasteiger partial charge on any atom is 0.434 e. The molecule has 24 heavy (non-hydrogen) atoms. The van der Waals surface area contributed by atoms with Crippen molar-refractivity contribution >= 4 is 16.5 Å². The van der Waals surface area contributed by atoms with Crippen LogP contribution in [0.15, 0.2) is 23.6 Å². The van der Waals surface area contributed by atoms with Crippen LogP contribution in [-0.4, -0.2) is 48.2 Å². The van der Waals surface area contributed by atoms with Crippen LogP contribution in [0.1, 0.15) is 11.4 Å². The van der Waals surface area contributed by atoms with Crippen molar-refractivity contribution in [1.82, 2.24) is 14.9 Å². The van der Waals surface area contributed by atoms with E-state index in [2.05, 4.69) is 14.9 Å². The zero-order valence-corrected chi connectivity index (χ0v) is 13.9. The largest absolute Gasteiger partial charge is 0.481 e. The van der Waals surface area contributed by atoms with Gasteiger partial charge in [0.1, 0.15) is 0 Å². The van der Waals surface area contributed by atoms with Crippen LogP contribution in [0.2, 0.25) is 0 Å². The van der Waals surface area contributed by atoms with E-state index < -0.39 is 11.9 Å². The number of pyridine rings is 1. The number of hydrogen-bond donors (Lipinski definition) is 0. The summed E-state index contributed by atoms with van der Waals surface area (Å²) in [6.45, 7) is 3.49. The highest BCUT2D eigenvalue weighted by atomic mass is 32.1. The first-order chi connectivity index (χ1) is 11.5. The zero-order chi connectivity index (χ0) is 17.2. The van der Waals surface area contributed by atoms with Gasteiger partial charge in [-0.15, -0.1) is 11.3 Å². The van der Waals surface area contributed by atoms with Gasteiger partial charge in [0.05, 0.1) is 12.8 Å². The van der Waals surface area contributed by atoms with Crippen molar-refractivity contribution in [3.8, 4) is 5.88 Å². The number of methoxy groups -OCH3 is 1. The molecular weight excluding hydrogens is 341 g/mol. The van der Waals surface area contributed by atoms with Gasteiger partial charge in [-0.2, -0.15) is 13.2 Å². The number of rotatable bonds is 4. The van der Waals surface area contributed by atoms with Gasteiger partial charge in [0.15, 0.2) is 10.8 Å². The van der Waals surface area contributed by atoms with Gasteiger partial charge >= 0.3 is 6.18 Å². The highest BCUT2D eigenvalue weighted by Gasteiger charge is 2.34. The normalized spacial score (nSPS) is 16.4. The topological polar surface area (TPSA) is 41.5 Å². The van der Waals surface area contributed by atoms with Crippen molar-refractivity contribution in [3.63, 3.8) is 0 Å². The Bertz CT molecular complexity index is 683. The van der Waals surface area contributed by atoms with Gasteiger partial charge in [0.2, 0.25) is 5.88 Å². The Morgan fingerprint density at radius 2 is 1.92 bits per heavy atom. The van der Waals surface area contributed by atoms with Crippen molar-refractivity contribution in [2.45, 2.75) is 12.7 Å². The standard InChI is InChI=1S/C15H17F3N4OS/c1-23-13-4-2-3-11(19-13)9-21-5-7-22(8-6-21)14-20-12(10-24-14)15(16,17)18/h2-4,10H,5-9H2,1H3. The Labute approximate surface area is 141 Å². The van der Waals surface area contributed by atoms with Crippen molar-refractivity contribution < 1.29 is 17.9 Å². The molecule has 1 fully saturated rings. The first-order valence-electron chi connectivity index (χ1n) is 7.45. The Kier molecular flexibility index (Phi) is 4.91. The fourth-order valence-electron chi connectivity index (χ4n) is 2.53. The van der Waals surface area contributed by atoms with Gasteiger partial charge < -0.3 is 9.64 Å². The molecule has 2 aromatic heterocycles. The fraction of sp³-hybridized carbons (Fsp3) is 0.467. The number of halogens is 3. The number of anilines is 1. The molecule has 0 aromatic carbocycles. The minimum Gasteiger partial charge on any atom is -0.481 e. The molecule has 3 heterocycles. The van der Waals surface area contributed by atoms with Crippen LogP contribution in [0.5, 0.6) is 5.88 Å². The first kappa shape index (κ1) is 17.0. The lowest BCUT2D eigenvalue weighted by Gasteiger charge is -2.34. The van der Waals surface area contributed by atoms with Crippen molar-refractivity contribution in [2.75, 3.05) is 38.2 Å². The van der Waals surface area contributed by atoms with Crippen molar-refractivity contribution in [1.29, 1.82) is 0 Å². The SMILES string of the molecule is COc1cccc(CN2CCN(c3nc(C(F)(F)F)cs3)CC2)n1. The van der Waals surface area contributed by atoms with Crippen molar-refractivity contribution in [2.24, 2.45) is 0 Å². The van der Waals surface area contributed by atoms with E-state index in [0.29, 0.717) is 30.6 Å². The molecule has 0 unspecified atom stereocenters. The van der Waals surface area contributed by atoms with Crippen LogP contribution in [-0.2, 0) is 12.7 Å². The summed E-state index contributed by atoms with van der Waals surface area (Å²) in [5.74, 6) is 0.577. The second-order valence-corrected chi connectivity index (χ2v) is 6.28. The Morgan fingerprint density at radius 1 is 1.17 bits per heavy atom. The highest BCUT2D eigenvalue weighted by Crippen LogP contribution is 2.33. The third-order valence-electron chi connectivity index (χ3n) is 3.80. The molecule has 2 aromatic rings. The molecule has 0 atom stereocenters. The van der Waals surface area contributed by atoms with Gasteiger partial charge in [-0.25, -0.2) is 9.97 Å². The summed E-state index contributed by atoms with van der Waals surface area (Å²) < 4.78 is 43.0. The molecule has 0 bridgehead atoms. The van der Waals surface area contributed by atoms with Crippen LogP contribution in [0, 0.1) is 0 Å². The summed E-state index contributed by atoms with van der Waals surface area (Å²) in [5.41, 5.74) is 0.0990. The van der Waals surface area contributed by atoms with E-state index in [-0.39, 0.29) is 0 Å². The monoisotopic (exact) mass is 358 g/mol. The lowest BCUT2D eigenvalue weighted by molar-refractivity contribution is -0.140. The molecule has 0 amide bonds. The predicted octanol–water partition coefficient (Wildman–Crippen LogP) is 2.89. The van der Waals surface area contributed by atoms with E-state index in [4.69, 9.17) is 4.74 Å². The third kappa shape index (κ3) is 3.96. The van der Waals surface area contributed by atoms with Gasteiger partial charge in [0, 0.05) is 44.2 Å². The zero-order valence-electron chi connectivity index (χ0n) is 13.1. The Balaban J connectivity index is 1.56. The van der Waals surface area contributed by atoms with Crippen LogP contribution >= 0.6 is 11.3 Å². The van der Waals surface area contributed by atoms with E-state index in [1.165, 1.54) is 0 Å². The number of nitrogens with zero attached hydrogens (tertiary/aromatic N) is 4. The number of aromatic nitrogens is 2. The molecule has 0 radical (unpaired) electrons. The molecular formula is C15H17F3N4OS. The van der Waals surface area contributed by atoms with Gasteiger partial charge in [-0.3, -0.25) is 4.90 Å². The minimum atomic E-state index is -4.38. The Morgan fingerprint density at radius 3 is 2.54 bits per heavy atom. The molecule has 1 aliphatic rings. The maximum absolute atomic E-state index is 12.6. The van der Waals surface area contributed by atoms with E-state index >= 15 is 0 Å². The van der Waals surface area contributed by atoms with Crippen LogP contribution in [0.4, 0.5) is 18.3 Å². The van der Waals surface area contributed by atoms with Crippen LogP contribution < -0.4 is 9.64 Å². The van der Waals surface area contributed by atoms with Gasteiger partial charge in [-0.05, 0) is 6.07 Å². The molecule has 1 saturated heterocycles. The minimum absolute atomic E-state index is 0.432. The van der Waals surface area contributed by atoms with E-state index in [9.17, 15) is 13.2 Å². The third-order valence-corrected chi connectivity index (χ3v) is 4.70. The highest BCUT2D eigenvalue weighted by molar-refractivity contribution is 7.13. The predicted molar refractivity (Wildman–Crippen MR) is 85.4 cm³/mol. The number of thiazole rings is 1. The van der Waals surface area contributed by atoms with E-state index in [0.717, 1.165) is 35.5 Å². The molecule has 0 aliphatic carbocycles. The second-order valence-electron chi connectivity index (χ2n) is 5.45. The molecule has 130 valence electrons. The smallest absolute Gasteiger partial charge is 0.434 e. The van der Waals surface area contributed by atoms with Crippen LogP contribution in [0.3, 0.4) is 0 Å². The van der Waals surface area contributed by atoms with E-state index in [1.807, 2.05) is 17.0 Å². The lowest BCUT2D eigenvalue weighted by atomic mass is 10.3. The van der Waals surface area contributed by atoms with Gasteiger partial charge in [-0.1, -0.05) is 6.07 Å². The second kappa shape index (κ2) is 6.94. The number of piperazine rings is 1. The Hall–Kier alpha value is -1.87. The summed E-state index contributed by atoms with van der Waals surface area (Å²) in [5, 5.41) is 1.50. The first-order valence-corrected chi connectivity index (χ1v) is 8.33. The molecule has 5 nitrogen and oxygen atoms in total. The summed E-state index contributed by atoms with van der Waals surface area (Å²) in [6, 6.07) is 5.62. The molecule has 0 saturated carbocycles. The van der Waals surface area contributed by atoms with Crippen LogP contribution in [0.25, 0.3) is 0 Å². The molecule has 1 aliphatic heterocycles. The summed E-state index contributed by atoms with van der Waals surface area (Å²) >= 11 is 1.04. The summed E-state index contributed by atoms with van der Waals surface area (Å²) in [6.07, 6.45) is -4.38. The molecule has 0 spiro atoms.